The van der Waals surface area contributed by atoms with E-state index in [1.807, 2.05) is 49.4 Å². The monoisotopic (exact) mass is 344 g/mol. The summed E-state index contributed by atoms with van der Waals surface area (Å²) in [5.74, 6) is -0.305. The van der Waals surface area contributed by atoms with E-state index in [0.29, 0.717) is 5.02 Å². The Hall–Kier alpha value is -2.33. The Labute approximate surface area is 147 Å². The van der Waals surface area contributed by atoms with Gasteiger partial charge in [-0.1, -0.05) is 54.1 Å². The minimum absolute atomic E-state index is 0.0138. The molecule has 0 saturated heterocycles. The molecule has 0 fully saturated rings. The van der Waals surface area contributed by atoms with Gasteiger partial charge in [-0.2, -0.15) is 0 Å². The van der Waals surface area contributed by atoms with Gasteiger partial charge in [-0.15, -0.1) is 0 Å². The van der Waals surface area contributed by atoms with Crippen molar-refractivity contribution in [3.05, 3.63) is 70.7 Å². The molecule has 2 aromatic carbocycles. The zero-order chi connectivity index (χ0) is 17.5. The smallest absolute Gasteiger partial charge is 0.242 e. The maximum absolute atomic E-state index is 12.3. The lowest BCUT2D eigenvalue weighted by atomic mass is 10.1. The average molecular weight is 345 g/mol. The van der Waals surface area contributed by atoms with Gasteiger partial charge in [0.25, 0.3) is 0 Å². The van der Waals surface area contributed by atoms with Crippen molar-refractivity contribution in [3.63, 3.8) is 0 Å². The number of benzene rings is 2. The highest BCUT2D eigenvalue weighted by atomic mass is 35.5. The van der Waals surface area contributed by atoms with Gasteiger partial charge in [0.1, 0.15) is 0 Å². The van der Waals surface area contributed by atoms with Crippen LogP contribution in [0.5, 0.6) is 0 Å². The number of likely N-dealkylation sites (N-methyl/N-ethyl adjacent to an activating group) is 1. The Balaban J connectivity index is 1.84. The molecule has 0 saturated carbocycles. The van der Waals surface area contributed by atoms with E-state index in [0.717, 1.165) is 11.1 Å². The highest BCUT2D eigenvalue weighted by Gasteiger charge is 2.17. The third-order valence-electron chi connectivity index (χ3n) is 3.97. The molecule has 1 unspecified atom stereocenters. The number of hydrogen-bond acceptors (Lipinski definition) is 2. The molecule has 0 radical (unpaired) electrons. The van der Waals surface area contributed by atoms with Crippen LogP contribution in [0.4, 0.5) is 0 Å². The Kier molecular flexibility index (Phi) is 6.38. The van der Waals surface area contributed by atoms with Crippen LogP contribution < -0.4 is 5.32 Å². The van der Waals surface area contributed by atoms with Gasteiger partial charge in [0.2, 0.25) is 11.8 Å². The molecule has 126 valence electrons. The average Bonchev–Trinajstić information content (AvgIpc) is 2.60. The molecule has 24 heavy (non-hydrogen) atoms. The molecule has 0 spiro atoms. The predicted octanol–water partition coefficient (Wildman–Crippen LogP) is 3.22. The number of carbonyl (C=O) groups is 2. The molecular formula is C19H21ClN2O2. The number of carbonyl (C=O) groups excluding carboxylic acids is 2. The van der Waals surface area contributed by atoms with E-state index in [2.05, 4.69) is 5.32 Å². The van der Waals surface area contributed by atoms with Crippen LogP contribution in [0.2, 0.25) is 5.02 Å². The molecule has 0 aliphatic carbocycles. The van der Waals surface area contributed by atoms with E-state index in [1.165, 1.54) is 0 Å². The maximum Gasteiger partial charge on any atom is 0.242 e. The van der Waals surface area contributed by atoms with Crippen LogP contribution in [0.1, 0.15) is 24.1 Å². The second-order valence-corrected chi connectivity index (χ2v) is 6.11. The van der Waals surface area contributed by atoms with Crippen molar-refractivity contribution >= 4 is 23.4 Å². The van der Waals surface area contributed by atoms with Crippen LogP contribution in [-0.4, -0.2) is 30.3 Å². The lowest BCUT2D eigenvalue weighted by molar-refractivity contribution is -0.133. The standard InChI is InChI=1S/C19H21ClN2O2/c1-14(16-8-10-17(20)11-9-16)22(2)19(24)13-21-18(23)12-15-6-4-3-5-7-15/h3-11,14H,12-13H2,1-2H3,(H,21,23). The van der Waals surface area contributed by atoms with Gasteiger partial charge >= 0.3 is 0 Å². The first kappa shape index (κ1) is 18.0. The summed E-state index contributed by atoms with van der Waals surface area (Å²) in [5.41, 5.74) is 1.91. The van der Waals surface area contributed by atoms with Gasteiger partial charge in [-0.05, 0) is 30.2 Å². The van der Waals surface area contributed by atoms with Crippen molar-refractivity contribution in [1.29, 1.82) is 0 Å². The summed E-state index contributed by atoms with van der Waals surface area (Å²) in [5, 5.41) is 3.34. The summed E-state index contributed by atoms with van der Waals surface area (Å²) in [6.45, 7) is 1.92. The van der Waals surface area contributed by atoms with Gasteiger partial charge < -0.3 is 10.2 Å². The van der Waals surface area contributed by atoms with Crippen molar-refractivity contribution < 1.29 is 9.59 Å². The fourth-order valence-corrected chi connectivity index (χ4v) is 2.45. The molecule has 2 aromatic rings. The van der Waals surface area contributed by atoms with Crippen molar-refractivity contribution in [1.82, 2.24) is 10.2 Å². The van der Waals surface area contributed by atoms with E-state index in [9.17, 15) is 9.59 Å². The third-order valence-corrected chi connectivity index (χ3v) is 4.22. The van der Waals surface area contributed by atoms with Crippen LogP contribution in [0, 0.1) is 0 Å². The molecule has 5 heteroatoms. The first-order valence-electron chi connectivity index (χ1n) is 7.79. The molecular weight excluding hydrogens is 324 g/mol. The summed E-state index contributed by atoms with van der Waals surface area (Å²) >= 11 is 5.88. The van der Waals surface area contributed by atoms with Gasteiger partial charge in [0, 0.05) is 12.1 Å². The Morgan fingerprint density at radius 1 is 1.08 bits per heavy atom. The van der Waals surface area contributed by atoms with E-state index >= 15 is 0 Å². The van der Waals surface area contributed by atoms with Crippen molar-refractivity contribution in [2.45, 2.75) is 19.4 Å². The largest absolute Gasteiger partial charge is 0.347 e. The van der Waals surface area contributed by atoms with E-state index < -0.39 is 0 Å². The quantitative estimate of drug-likeness (QED) is 0.874. The van der Waals surface area contributed by atoms with Crippen LogP contribution in [-0.2, 0) is 16.0 Å². The summed E-state index contributed by atoms with van der Waals surface area (Å²) in [6.07, 6.45) is 0.268. The fourth-order valence-electron chi connectivity index (χ4n) is 2.32. The van der Waals surface area contributed by atoms with E-state index in [-0.39, 0.29) is 30.8 Å². The molecule has 0 bridgehead atoms. The Morgan fingerprint density at radius 3 is 2.33 bits per heavy atom. The first-order valence-corrected chi connectivity index (χ1v) is 8.17. The number of hydrogen-bond donors (Lipinski definition) is 1. The summed E-state index contributed by atoms with van der Waals surface area (Å²) in [4.78, 5) is 25.8. The highest BCUT2D eigenvalue weighted by molar-refractivity contribution is 6.30. The number of amides is 2. The van der Waals surface area contributed by atoms with Crippen LogP contribution >= 0.6 is 11.6 Å². The number of nitrogens with one attached hydrogen (secondary N) is 1. The van der Waals surface area contributed by atoms with Crippen LogP contribution in [0.25, 0.3) is 0 Å². The molecule has 2 rings (SSSR count). The van der Waals surface area contributed by atoms with Crippen molar-refractivity contribution in [2.24, 2.45) is 0 Å². The molecule has 1 N–H and O–H groups in total. The highest BCUT2D eigenvalue weighted by Crippen LogP contribution is 2.20. The second kappa shape index (κ2) is 8.50. The SMILES string of the molecule is CC(c1ccc(Cl)cc1)N(C)C(=O)CNC(=O)Cc1ccccc1. The first-order chi connectivity index (χ1) is 11.5. The van der Waals surface area contributed by atoms with Gasteiger partial charge in [-0.25, -0.2) is 0 Å². The molecule has 1 atom stereocenters. The topological polar surface area (TPSA) is 49.4 Å². The van der Waals surface area contributed by atoms with Gasteiger partial charge in [0.15, 0.2) is 0 Å². The van der Waals surface area contributed by atoms with Crippen molar-refractivity contribution in [3.8, 4) is 0 Å². The Bertz CT molecular complexity index is 686. The number of nitrogens with zero attached hydrogens (tertiary/aromatic N) is 1. The lowest BCUT2D eigenvalue weighted by Gasteiger charge is -2.25. The molecule has 2 amide bonds. The lowest BCUT2D eigenvalue weighted by Crippen LogP contribution is -2.39. The minimum Gasteiger partial charge on any atom is -0.347 e. The normalized spacial score (nSPS) is 11.6. The molecule has 0 heterocycles. The zero-order valence-corrected chi connectivity index (χ0v) is 14.6. The second-order valence-electron chi connectivity index (χ2n) is 5.67. The molecule has 0 aliphatic heterocycles. The maximum atomic E-state index is 12.3. The summed E-state index contributed by atoms with van der Waals surface area (Å²) in [6, 6.07) is 16.7. The molecule has 4 nitrogen and oxygen atoms in total. The number of halogens is 1. The predicted molar refractivity (Wildman–Crippen MR) is 95.8 cm³/mol. The fraction of sp³-hybridized carbons (Fsp3) is 0.263. The van der Waals surface area contributed by atoms with Crippen molar-refractivity contribution in [2.75, 3.05) is 13.6 Å². The minimum atomic E-state index is -0.165. The van der Waals surface area contributed by atoms with Gasteiger partial charge in [0.05, 0.1) is 19.0 Å². The number of rotatable bonds is 6. The Morgan fingerprint density at radius 2 is 1.71 bits per heavy atom. The van der Waals surface area contributed by atoms with E-state index in [1.54, 1.807) is 24.1 Å². The molecule has 0 aliphatic rings. The van der Waals surface area contributed by atoms with Crippen LogP contribution in [0.15, 0.2) is 54.6 Å². The third kappa shape index (κ3) is 5.10. The van der Waals surface area contributed by atoms with Gasteiger partial charge in [-0.3, -0.25) is 9.59 Å². The molecule has 0 aromatic heterocycles. The van der Waals surface area contributed by atoms with Crippen LogP contribution in [0.3, 0.4) is 0 Å². The van der Waals surface area contributed by atoms with E-state index in [4.69, 9.17) is 11.6 Å². The summed E-state index contributed by atoms with van der Waals surface area (Å²) in [7, 11) is 1.73. The zero-order valence-electron chi connectivity index (χ0n) is 13.8. The summed E-state index contributed by atoms with van der Waals surface area (Å²) < 4.78 is 0.